The van der Waals surface area contributed by atoms with Crippen LogP contribution in [0, 0.1) is 0 Å². The van der Waals surface area contributed by atoms with E-state index in [0.717, 1.165) is 5.56 Å². The van der Waals surface area contributed by atoms with E-state index in [1.54, 1.807) is 42.5 Å². The largest absolute Gasteiger partial charge is 0.347 e. The zero-order valence-corrected chi connectivity index (χ0v) is 20.6. The summed E-state index contributed by atoms with van der Waals surface area (Å²) < 4.78 is 0. The normalized spacial score (nSPS) is 10.9. The van der Waals surface area contributed by atoms with E-state index in [4.69, 9.17) is 0 Å². The molecule has 1 unspecified atom stereocenters. The Morgan fingerprint density at radius 1 is 0.912 bits per heavy atom. The molecular formula is C26H29ClN3O3S+. The number of rotatable bonds is 9. The molecule has 34 heavy (non-hydrogen) atoms. The van der Waals surface area contributed by atoms with Crippen molar-refractivity contribution in [2.24, 2.45) is 0 Å². The third kappa shape index (κ3) is 8.02. The van der Waals surface area contributed by atoms with Crippen LogP contribution < -0.4 is 16.4 Å². The Bertz CT molecular complexity index is 1090. The lowest BCUT2D eigenvalue weighted by molar-refractivity contribution is -0.395. The average Bonchev–Trinajstić information content (AvgIpc) is 2.89. The van der Waals surface area contributed by atoms with E-state index in [1.807, 2.05) is 36.4 Å². The predicted molar refractivity (Wildman–Crippen MR) is 141 cm³/mol. The number of ketones is 1. The van der Waals surface area contributed by atoms with E-state index >= 15 is 0 Å². The van der Waals surface area contributed by atoms with Gasteiger partial charge in [0, 0.05) is 29.6 Å². The van der Waals surface area contributed by atoms with Gasteiger partial charge in [0.2, 0.25) is 5.91 Å². The molecule has 0 aromatic heterocycles. The zero-order valence-electron chi connectivity index (χ0n) is 19.0. The van der Waals surface area contributed by atoms with Crippen molar-refractivity contribution in [3.63, 3.8) is 0 Å². The van der Waals surface area contributed by atoms with Crippen LogP contribution in [0.4, 0.5) is 11.4 Å². The molecule has 0 saturated carbocycles. The third-order valence-electron chi connectivity index (χ3n) is 4.92. The lowest BCUT2D eigenvalue weighted by Crippen LogP contribution is -2.67. The predicted octanol–water partition coefficient (Wildman–Crippen LogP) is 3.82. The summed E-state index contributed by atoms with van der Waals surface area (Å²) in [5.41, 5.74) is 6.45. The monoisotopic (exact) mass is 498 g/mol. The summed E-state index contributed by atoms with van der Waals surface area (Å²) >= 11 is 8.74. The van der Waals surface area contributed by atoms with Gasteiger partial charge in [-0.05, 0) is 30.2 Å². The molecule has 3 rings (SSSR count). The van der Waals surface area contributed by atoms with Crippen LogP contribution >= 0.6 is 24.2 Å². The molecule has 5 N–H and O–H groups in total. The van der Waals surface area contributed by atoms with Gasteiger partial charge >= 0.3 is 0 Å². The Morgan fingerprint density at radius 2 is 1.53 bits per heavy atom. The molecule has 6 nitrogen and oxygen atoms in total. The van der Waals surface area contributed by atoms with E-state index < -0.39 is 6.04 Å². The van der Waals surface area contributed by atoms with Gasteiger partial charge in [0.25, 0.3) is 5.91 Å². The summed E-state index contributed by atoms with van der Waals surface area (Å²) in [6, 6.07) is 22.9. The maximum atomic E-state index is 13.2. The molecule has 0 radical (unpaired) electrons. The topological polar surface area (TPSA) is 103 Å². The average molecular weight is 499 g/mol. The highest BCUT2D eigenvalue weighted by atomic mass is 35.5. The van der Waals surface area contributed by atoms with Gasteiger partial charge in [-0.15, -0.1) is 11.6 Å². The van der Waals surface area contributed by atoms with Gasteiger partial charge < -0.3 is 16.4 Å². The smallest absolute Gasteiger partial charge is 0.283 e. The number of carbonyl (C=O) groups excluding carboxylic acids is 3. The molecule has 3 aromatic rings. The minimum absolute atomic E-state index is 0.194. The van der Waals surface area contributed by atoms with Gasteiger partial charge in [0.15, 0.2) is 11.8 Å². The number of thiol groups is 1. The molecule has 0 fully saturated rings. The zero-order chi connectivity index (χ0) is 24.9. The highest BCUT2D eigenvalue weighted by Crippen LogP contribution is 2.24. The first-order chi connectivity index (χ1) is 16.5. The van der Waals surface area contributed by atoms with Gasteiger partial charge in [0.05, 0.1) is 11.4 Å². The van der Waals surface area contributed by atoms with Crippen molar-refractivity contribution >= 4 is 53.2 Å². The highest BCUT2D eigenvalue weighted by Gasteiger charge is 2.19. The fourth-order valence-electron chi connectivity index (χ4n) is 3.11. The first kappa shape index (κ1) is 27.1. The Kier molecular flexibility index (Phi) is 11.3. The maximum Gasteiger partial charge on any atom is 0.283 e. The van der Waals surface area contributed by atoms with Crippen LogP contribution in [0.2, 0.25) is 0 Å². The minimum atomic E-state index is -0.524. The molecule has 0 heterocycles. The van der Waals surface area contributed by atoms with Gasteiger partial charge in [0.1, 0.15) is 0 Å². The maximum absolute atomic E-state index is 13.2. The van der Waals surface area contributed by atoms with Crippen molar-refractivity contribution in [2.45, 2.75) is 18.9 Å². The van der Waals surface area contributed by atoms with E-state index in [0.29, 0.717) is 34.7 Å². The van der Waals surface area contributed by atoms with Gasteiger partial charge in [-0.1, -0.05) is 60.7 Å². The summed E-state index contributed by atoms with van der Waals surface area (Å²) in [5.74, 6) is -0.434. The molecule has 3 aromatic carbocycles. The molecule has 0 aliphatic rings. The van der Waals surface area contributed by atoms with Crippen molar-refractivity contribution in [1.29, 1.82) is 0 Å². The molecule has 178 valence electrons. The van der Waals surface area contributed by atoms with Crippen LogP contribution in [0.5, 0.6) is 0 Å². The number of amides is 2. The fourth-order valence-corrected chi connectivity index (χ4v) is 3.27. The number of nitrogens with one attached hydrogen (secondary N) is 2. The summed E-state index contributed by atoms with van der Waals surface area (Å²) in [7, 11) is 0. The summed E-state index contributed by atoms with van der Waals surface area (Å²) in [6.07, 6.45) is 2.35. The Hall–Kier alpha value is -3.13. The summed E-state index contributed by atoms with van der Waals surface area (Å²) in [6.45, 7) is 0. The van der Waals surface area contributed by atoms with Crippen LogP contribution in [-0.4, -0.2) is 35.8 Å². The highest BCUT2D eigenvalue weighted by molar-refractivity contribution is 7.80. The van der Waals surface area contributed by atoms with Crippen molar-refractivity contribution in [3.8, 4) is 0 Å². The molecule has 0 aliphatic heterocycles. The van der Waals surface area contributed by atoms with Gasteiger partial charge in [-0.2, -0.15) is 12.6 Å². The van der Waals surface area contributed by atoms with Crippen LogP contribution in [-0.2, 0) is 16.0 Å². The van der Waals surface area contributed by atoms with E-state index in [1.165, 1.54) is 6.38 Å². The quantitative estimate of drug-likeness (QED) is 0.205. The number of aryl methyl sites for hydroxylation is 1. The van der Waals surface area contributed by atoms with Crippen molar-refractivity contribution in [3.05, 3.63) is 95.6 Å². The second kappa shape index (κ2) is 14.2. The number of halogens is 1. The second-order valence-electron chi connectivity index (χ2n) is 7.36. The lowest BCUT2D eigenvalue weighted by Gasteiger charge is -2.14. The Morgan fingerprint density at radius 3 is 2.15 bits per heavy atom. The van der Waals surface area contributed by atoms with Crippen molar-refractivity contribution < 1.29 is 20.1 Å². The van der Waals surface area contributed by atoms with E-state index in [2.05, 4.69) is 40.6 Å². The number of anilines is 2. The third-order valence-corrected chi connectivity index (χ3v) is 5.36. The molecule has 0 spiro atoms. The lowest BCUT2D eigenvalue weighted by atomic mass is 10.0. The SMILES string of the molecule is CCl.[NH3+]C(CS)C(=O)Nc1ccc(NC(=O)CCc2ccccc2)c(C(=O)c2ccccc2)c1. The van der Waals surface area contributed by atoms with Crippen LogP contribution in [0.25, 0.3) is 0 Å². The number of hydrogen-bond donors (Lipinski definition) is 4. The number of benzene rings is 3. The van der Waals surface area contributed by atoms with Crippen LogP contribution in [0.15, 0.2) is 78.9 Å². The number of carbonyl (C=O) groups is 3. The van der Waals surface area contributed by atoms with E-state index in [9.17, 15) is 14.4 Å². The molecule has 8 heteroatoms. The number of quaternary nitrogens is 1. The fraction of sp³-hybridized carbons (Fsp3) is 0.192. The van der Waals surface area contributed by atoms with Gasteiger partial charge in [-0.3, -0.25) is 14.4 Å². The first-order valence-electron chi connectivity index (χ1n) is 10.7. The second-order valence-corrected chi connectivity index (χ2v) is 7.72. The number of alkyl halides is 1. The summed E-state index contributed by atoms with van der Waals surface area (Å²) in [5, 5.41) is 5.60. The van der Waals surface area contributed by atoms with Crippen molar-refractivity contribution in [1.82, 2.24) is 0 Å². The molecule has 0 bridgehead atoms. The molecular weight excluding hydrogens is 470 g/mol. The van der Waals surface area contributed by atoms with Crippen molar-refractivity contribution in [2.75, 3.05) is 22.8 Å². The van der Waals surface area contributed by atoms with Gasteiger partial charge in [-0.25, -0.2) is 0 Å². The molecule has 2 amide bonds. The Balaban J connectivity index is 0.00000199. The Labute approximate surface area is 210 Å². The first-order valence-corrected chi connectivity index (χ1v) is 12.1. The summed E-state index contributed by atoms with van der Waals surface area (Å²) in [4.78, 5) is 37.9. The van der Waals surface area contributed by atoms with Crippen LogP contribution in [0.3, 0.4) is 0 Å². The minimum Gasteiger partial charge on any atom is -0.347 e. The number of hydrogen-bond acceptors (Lipinski definition) is 4. The van der Waals surface area contributed by atoms with E-state index in [-0.39, 0.29) is 24.0 Å². The molecule has 0 saturated heterocycles. The molecule has 0 aliphatic carbocycles. The molecule has 1 atom stereocenters. The standard InChI is InChI=1S/C25H25N3O3S.CH3Cl/c26-21(16-32)25(31)27-19-12-13-22(20(15-19)24(30)18-9-5-2-6-10-18)28-23(29)14-11-17-7-3-1-4-8-17;1-2/h1-10,12-13,15,21,32H,11,14,16,26H2,(H,27,31)(H,28,29);1H3/p+1. The van der Waals surface area contributed by atoms with Crippen LogP contribution in [0.1, 0.15) is 27.9 Å².